The van der Waals surface area contributed by atoms with E-state index in [0.717, 1.165) is 24.8 Å². The van der Waals surface area contributed by atoms with Gasteiger partial charge in [-0.25, -0.2) is 0 Å². The van der Waals surface area contributed by atoms with Crippen LogP contribution in [0.15, 0.2) is 18.5 Å². The van der Waals surface area contributed by atoms with Crippen molar-refractivity contribution in [3.05, 3.63) is 29.0 Å². The molecule has 2 unspecified atom stereocenters. The molecular formula is C14H21ClN2O2. The maximum Gasteiger partial charge on any atom is 0.306 e. The molecule has 4 nitrogen and oxygen atoms in total. The van der Waals surface area contributed by atoms with E-state index in [1.165, 1.54) is 0 Å². The van der Waals surface area contributed by atoms with E-state index in [0.29, 0.717) is 17.6 Å². The predicted molar refractivity (Wildman–Crippen MR) is 76.2 cm³/mol. The highest BCUT2D eigenvalue weighted by Gasteiger charge is 2.11. The number of nitrogens with one attached hydrogen (secondary N) is 1. The fourth-order valence-corrected chi connectivity index (χ4v) is 1.97. The second-order valence-corrected chi connectivity index (χ2v) is 5.33. The molecule has 2 atom stereocenters. The Hall–Kier alpha value is -1.13. The Morgan fingerprint density at radius 2 is 2.21 bits per heavy atom. The van der Waals surface area contributed by atoms with Crippen LogP contribution in [0.1, 0.15) is 38.7 Å². The summed E-state index contributed by atoms with van der Waals surface area (Å²) in [4.78, 5) is 14.6. The summed E-state index contributed by atoms with van der Waals surface area (Å²) in [5.74, 6) is -0.981. The maximum atomic E-state index is 10.7. The van der Waals surface area contributed by atoms with E-state index >= 15 is 0 Å². The van der Waals surface area contributed by atoms with Crippen molar-refractivity contribution in [1.29, 1.82) is 0 Å². The lowest BCUT2D eigenvalue weighted by Gasteiger charge is -2.15. The molecule has 0 saturated carbocycles. The van der Waals surface area contributed by atoms with Crippen LogP contribution in [0.5, 0.6) is 0 Å². The molecule has 0 aliphatic carbocycles. The molecule has 2 N–H and O–H groups in total. The van der Waals surface area contributed by atoms with Gasteiger partial charge in [-0.15, -0.1) is 0 Å². The maximum absolute atomic E-state index is 10.7. The Morgan fingerprint density at radius 1 is 1.47 bits per heavy atom. The number of pyridine rings is 1. The summed E-state index contributed by atoms with van der Waals surface area (Å²) >= 11 is 6.02. The molecular weight excluding hydrogens is 264 g/mol. The van der Waals surface area contributed by atoms with Gasteiger partial charge in [0.05, 0.1) is 10.9 Å². The fraction of sp³-hybridized carbons (Fsp3) is 0.571. The summed E-state index contributed by atoms with van der Waals surface area (Å²) in [7, 11) is 0. The molecule has 0 spiro atoms. The summed E-state index contributed by atoms with van der Waals surface area (Å²) in [6.45, 7) is 4.55. The Morgan fingerprint density at radius 3 is 2.84 bits per heavy atom. The van der Waals surface area contributed by atoms with Crippen LogP contribution in [-0.2, 0) is 11.3 Å². The van der Waals surface area contributed by atoms with Gasteiger partial charge < -0.3 is 10.4 Å². The normalized spacial score (nSPS) is 14.1. The molecule has 0 saturated heterocycles. The van der Waals surface area contributed by atoms with Crippen molar-refractivity contribution in [1.82, 2.24) is 10.3 Å². The first-order valence-corrected chi connectivity index (χ1v) is 6.93. The van der Waals surface area contributed by atoms with Gasteiger partial charge in [0.1, 0.15) is 0 Å². The standard InChI is InChI=1S/C14H21ClN2O2/c1-10(14(18)19)4-3-5-11(2)17-8-12-6-7-16-9-13(12)15/h6-7,9-11,17H,3-5,8H2,1-2H3,(H,18,19). The molecule has 1 rings (SSSR count). The molecule has 19 heavy (non-hydrogen) atoms. The number of aromatic nitrogens is 1. The van der Waals surface area contributed by atoms with Gasteiger partial charge in [-0.3, -0.25) is 9.78 Å². The predicted octanol–water partition coefficient (Wildman–Crippen LogP) is 3.10. The largest absolute Gasteiger partial charge is 0.481 e. The van der Waals surface area contributed by atoms with Crippen molar-refractivity contribution in [2.24, 2.45) is 5.92 Å². The van der Waals surface area contributed by atoms with E-state index in [9.17, 15) is 4.79 Å². The minimum atomic E-state index is -0.718. The second-order valence-electron chi connectivity index (χ2n) is 4.92. The summed E-state index contributed by atoms with van der Waals surface area (Å²) in [5, 5.41) is 12.8. The smallest absolute Gasteiger partial charge is 0.306 e. The molecule has 1 aromatic rings. The summed E-state index contributed by atoms with van der Waals surface area (Å²) in [6, 6.07) is 2.24. The molecule has 106 valence electrons. The quantitative estimate of drug-likeness (QED) is 0.770. The third-order valence-electron chi connectivity index (χ3n) is 3.19. The van der Waals surface area contributed by atoms with Gasteiger partial charge in [0, 0.05) is 25.0 Å². The number of hydrogen-bond acceptors (Lipinski definition) is 3. The Kier molecular flexibility index (Phi) is 6.81. The van der Waals surface area contributed by atoms with Crippen molar-refractivity contribution in [3.8, 4) is 0 Å². The Labute approximate surface area is 119 Å². The zero-order valence-electron chi connectivity index (χ0n) is 11.4. The van der Waals surface area contributed by atoms with Gasteiger partial charge in [-0.05, 0) is 31.4 Å². The van der Waals surface area contributed by atoms with Crippen LogP contribution in [-0.4, -0.2) is 22.1 Å². The SMILES string of the molecule is CC(CCCC(C)C(=O)O)NCc1ccncc1Cl. The van der Waals surface area contributed by atoms with Crippen LogP contribution in [0.4, 0.5) is 0 Å². The zero-order chi connectivity index (χ0) is 14.3. The van der Waals surface area contributed by atoms with E-state index in [1.54, 1.807) is 19.3 Å². The van der Waals surface area contributed by atoms with E-state index in [2.05, 4.69) is 17.2 Å². The molecule has 0 fully saturated rings. The number of carbonyl (C=O) groups is 1. The highest BCUT2D eigenvalue weighted by Crippen LogP contribution is 2.14. The molecule has 1 heterocycles. The van der Waals surface area contributed by atoms with Crippen LogP contribution in [0.2, 0.25) is 5.02 Å². The molecule has 0 amide bonds. The van der Waals surface area contributed by atoms with E-state index in [1.807, 2.05) is 6.07 Å². The zero-order valence-corrected chi connectivity index (χ0v) is 12.2. The minimum Gasteiger partial charge on any atom is -0.481 e. The van der Waals surface area contributed by atoms with Crippen LogP contribution < -0.4 is 5.32 Å². The first-order valence-electron chi connectivity index (χ1n) is 6.55. The van der Waals surface area contributed by atoms with E-state index < -0.39 is 5.97 Å². The summed E-state index contributed by atoms with van der Waals surface area (Å²) in [5.41, 5.74) is 1.03. The molecule has 0 radical (unpaired) electrons. The van der Waals surface area contributed by atoms with Crippen LogP contribution in [0.3, 0.4) is 0 Å². The van der Waals surface area contributed by atoms with Gasteiger partial charge in [0.2, 0.25) is 0 Å². The Bertz CT molecular complexity index is 412. The van der Waals surface area contributed by atoms with E-state index in [-0.39, 0.29) is 5.92 Å². The third kappa shape index (κ3) is 6.03. The lowest BCUT2D eigenvalue weighted by Crippen LogP contribution is -2.25. The summed E-state index contributed by atoms with van der Waals surface area (Å²) in [6.07, 6.45) is 5.95. The highest BCUT2D eigenvalue weighted by atomic mass is 35.5. The lowest BCUT2D eigenvalue weighted by molar-refractivity contribution is -0.141. The molecule has 0 aromatic carbocycles. The number of nitrogens with zero attached hydrogens (tertiary/aromatic N) is 1. The number of aliphatic carboxylic acids is 1. The molecule has 0 bridgehead atoms. The van der Waals surface area contributed by atoms with Gasteiger partial charge in [-0.1, -0.05) is 24.9 Å². The Balaban J connectivity index is 2.23. The van der Waals surface area contributed by atoms with Gasteiger partial charge in [-0.2, -0.15) is 0 Å². The molecule has 0 aliphatic heterocycles. The highest BCUT2D eigenvalue weighted by molar-refractivity contribution is 6.31. The van der Waals surface area contributed by atoms with Gasteiger partial charge in [0.25, 0.3) is 0 Å². The third-order valence-corrected chi connectivity index (χ3v) is 3.53. The van der Waals surface area contributed by atoms with Crippen LogP contribution in [0, 0.1) is 5.92 Å². The van der Waals surface area contributed by atoms with E-state index in [4.69, 9.17) is 16.7 Å². The van der Waals surface area contributed by atoms with Crippen LogP contribution >= 0.6 is 11.6 Å². The number of carboxylic acid groups (broad SMARTS) is 1. The number of halogens is 1. The first-order chi connectivity index (χ1) is 9.00. The minimum absolute atomic E-state index is 0.262. The monoisotopic (exact) mass is 284 g/mol. The summed E-state index contributed by atoms with van der Waals surface area (Å²) < 4.78 is 0. The van der Waals surface area contributed by atoms with Crippen LogP contribution in [0.25, 0.3) is 0 Å². The number of rotatable bonds is 8. The topological polar surface area (TPSA) is 62.2 Å². The average Bonchev–Trinajstić information content (AvgIpc) is 2.37. The van der Waals surface area contributed by atoms with Crippen molar-refractivity contribution < 1.29 is 9.90 Å². The first kappa shape index (κ1) is 15.9. The molecule has 5 heteroatoms. The average molecular weight is 285 g/mol. The van der Waals surface area contributed by atoms with Crippen molar-refractivity contribution in [2.45, 2.75) is 45.7 Å². The lowest BCUT2D eigenvalue weighted by atomic mass is 10.0. The van der Waals surface area contributed by atoms with Crippen molar-refractivity contribution in [2.75, 3.05) is 0 Å². The van der Waals surface area contributed by atoms with Crippen molar-refractivity contribution in [3.63, 3.8) is 0 Å². The van der Waals surface area contributed by atoms with Gasteiger partial charge >= 0.3 is 5.97 Å². The number of hydrogen-bond donors (Lipinski definition) is 2. The fourth-order valence-electron chi connectivity index (χ4n) is 1.79. The number of carboxylic acids is 1. The van der Waals surface area contributed by atoms with Gasteiger partial charge in [0.15, 0.2) is 0 Å². The molecule has 0 aliphatic rings. The van der Waals surface area contributed by atoms with Crippen molar-refractivity contribution >= 4 is 17.6 Å². The second kappa shape index (κ2) is 8.12. The molecule has 1 aromatic heterocycles.